The van der Waals surface area contributed by atoms with Gasteiger partial charge in [0.05, 0.1) is 6.04 Å². The molecule has 0 radical (unpaired) electrons. The molecule has 0 fully saturated rings. The molecule has 0 aliphatic heterocycles. The van der Waals surface area contributed by atoms with E-state index in [0.717, 1.165) is 16.1 Å². The highest BCUT2D eigenvalue weighted by molar-refractivity contribution is 7.12. The molecule has 1 unspecified atom stereocenters. The molecule has 2 aromatic rings. The molecule has 1 aromatic carbocycles. The molecule has 0 spiro atoms. The molecule has 0 saturated carbocycles. The summed E-state index contributed by atoms with van der Waals surface area (Å²) in [4.78, 5) is 2.81. The third-order valence-corrected chi connectivity index (χ3v) is 5.46. The highest BCUT2D eigenvalue weighted by Gasteiger charge is 2.21. The van der Waals surface area contributed by atoms with Gasteiger partial charge in [-0.15, -0.1) is 11.3 Å². The molecule has 3 N–H and O–H groups in total. The minimum absolute atomic E-state index is 0.0358. The normalized spacial score (nSPS) is 15.5. The quantitative estimate of drug-likeness (QED) is 0.668. The fraction of sp³-hybridized carbons (Fsp3) is 0.333. The molecule has 1 aliphatic carbocycles. The van der Waals surface area contributed by atoms with E-state index < -0.39 is 0 Å². The summed E-state index contributed by atoms with van der Waals surface area (Å²) in [5.41, 5.74) is 6.64. The second-order valence-corrected chi connectivity index (χ2v) is 6.63. The number of aryl methyl sites for hydroxylation is 3. The highest BCUT2D eigenvalue weighted by atomic mass is 35.5. The van der Waals surface area contributed by atoms with Crippen LogP contribution in [0.25, 0.3) is 0 Å². The Balaban J connectivity index is 1.96. The Bertz CT molecular complexity index is 585. The first kappa shape index (κ1) is 13.1. The first-order valence-electron chi connectivity index (χ1n) is 6.52. The standard InChI is InChI=1S/C15H17ClN2S/c1-9-5-6-11(7-12(9)16)15(18-17)14-8-10-3-2-4-13(10)19-14/h5-8,15,18H,2-4,17H2,1H3. The zero-order valence-electron chi connectivity index (χ0n) is 10.9. The highest BCUT2D eigenvalue weighted by Crippen LogP contribution is 2.36. The maximum atomic E-state index is 6.21. The Morgan fingerprint density at radius 1 is 1.32 bits per heavy atom. The smallest absolute Gasteiger partial charge is 0.0803 e. The summed E-state index contributed by atoms with van der Waals surface area (Å²) < 4.78 is 0. The van der Waals surface area contributed by atoms with Crippen molar-refractivity contribution >= 4 is 22.9 Å². The zero-order chi connectivity index (χ0) is 13.4. The van der Waals surface area contributed by atoms with Crippen molar-refractivity contribution in [3.8, 4) is 0 Å². The van der Waals surface area contributed by atoms with Crippen LogP contribution < -0.4 is 11.3 Å². The Morgan fingerprint density at radius 2 is 2.16 bits per heavy atom. The second-order valence-electron chi connectivity index (χ2n) is 5.06. The van der Waals surface area contributed by atoms with Gasteiger partial charge in [-0.1, -0.05) is 23.7 Å². The molecule has 4 heteroatoms. The van der Waals surface area contributed by atoms with Crippen molar-refractivity contribution in [3.63, 3.8) is 0 Å². The van der Waals surface area contributed by atoms with Crippen LogP contribution in [0.3, 0.4) is 0 Å². The Morgan fingerprint density at radius 3 is 2.84 bits per heavy atom. The predicted molar refractivity (Wildman–Crippen MR) is 81.7 cm³/mol. The topological polar surface area (TPSA) is 38.0 Å². The van der Waals surface area contributed by atoms with Crippen molar-refractivity contribution in [1.29, 1.82) is 0 Å². The molecule has 0 bridgehead atoms. The van der Waals surface area contributed by atoms with Gasteiger partial charge in [0.15, 0.2) is 0 Å². The third kappa shape index (κ3) is 2.43. The molecule has 100 valence electrons. The lowest BCUT2D eigenvalue weighted by molar-refractivity contribution is 0.646. The summed E-state index contributed by atoms with van der Waals surface area (Å²) in [6.07, 6.45) is 3.71. The van der Waals surface area contributed by atoms with E-state index >= 15 is 0 Å². The largest absolute Gasteiger partial charge is 0.271 e. The maximum absolute atomic E-state index is 6.21. The van der Waals surface area contributed by atoms with Crippen LogP contribution in [-0.2, 0) is 12.8 Å². The summed E-state index contributed by atoms with van der Waals surface area (Å²) >= 11 is 8.09. The number of nitrogens with one attached hydrogen (secondary N) is 1. The van der Waals surface area contributed by atoms with Crippen LogP contribution in [0.1, 0.15) is 38.9 Å². The predicted octanol–water partition coefficient (Wildman–Crippen LogP) is 3.75. The molecule has 3 rings (SSSR count). The van der Waals surface area contributed by atoms with Crippen molar-refractivity contribution in [3.05, 3.63) is 55.7 Å². The van der Waals surface area contributed by atoms with Crippen molar-refractivity contribution in [2.75, 3.05) is 0 Å². The first-order chi connectivity index (χ1) is 9.19. The first-order valence-corrected chi connectivity index (χ1v) is 7.72. The number of hydrogen-bond acceptors (Lipinski definition) is 3. The van der Waals surface area contributed by atoms with Crippen molar-refractivity contribution in [2.45, 2.75) is 32.2 Å². The van der Waals surface area contributed by atoms with Crippen LogP contribution >= 0.6 is 22.9 Å². The monoisotopic (exact) mass is 292 g/mol. The zero-order valence-corrected chi connectivity index (χ0v) is 12.4. The van der Waals surface area contributed by atoms with E-state index in [9.17, 15) is 0 Å². The lowest BCUT2D eigenvalue weighted by Crippen LogP contribution is -2.28. The van der Waals surface area contributed by atoms with E-state index in [-0.39, 0.29) is 6.04 Å². The van der Waals surface area contributed by atoms with Crippen LogP contribution in [0.2, 0.25) is 5.02 Å². The molecule has 0 saturated heterocycles. The molecule has 19 heavy (non-hydrogen) atoms. The lowest BCUT2D eigenvalue weighted by atomic mass is 10.0. The minimum Gasteiger partial charge on any atom is -0.271 e. The Labute approximate surface area is 122 Å². The van der Waals surface area contributed by atoms with Gasteiger partial charge >= 0.3 is 0 Å². The number of rotatable bonds is 3. The van der Waals surface area contributed by atoms with Gasteiger partial charge in [-0.05, 0) is 55.0 Å². The third-order valence-electron chi connectivity index (χ3n) is 3.75. The molecule has 1 aliphatic rings. The van der Waals surface area contributed by atoms with Crippen LogP contribution in [0, 0.1) is 6.92 Å². The summed E-state index contributed by atoms with van der Waals surface area (Å²) in [5.74, 6) is 5.76. The van der Waals surface area contributed by atoms with Crippen LogP contribution in [0.5, 0.6) is 0 Å². The fourth-order valence-corrected chi connectivity index (χ4v) is 4.16. The maximum Gasteiger partial charge on any atom is 0.0803 e. The lowest BCUT2D eigenvalue weighted by Gasteiger charge is -2.15. The number of benzene rings is 1. The fourth-order valence-electron chi connectivity index (χ4n) is 2.63. The summed E-state index contributed by atoms with van der Waals surface area (Å²) in [5, 5.41) is 0.793. The van der Waals surface area contributed by atoms with Crippen LogP contribution in [0.15, 0.2) is 24.3 Å². The van der Waals surface area contributed by atoms with E-state index in [0.29, 0.717) is 0 Å². The molecule has 1 heterocycles. The molecule has 1 aromatic heterocycles. The number of nitrogens with two attached hydrogens (primary N) is 1. The average Bonchev–Trinajstić information content (AvgIpc) is 2.95. The second kappa shape index (κ2) is 5.25. The SMILES string of the molecule is Cc1ccc(C(NN)c2cc3c(s2)CCC3)cc1Cl. The number of fused-ring (bicyclic) bond motifs is 1. The van der Waals surface area contributed by atoms with Gasteiger partial charge in [0, 0.05) is 14.8 Å². The van der Waals surface area contributed by atoms with Gasteiger partial charge in [0.25, 0.3) is 0 Å². The minimum atomic E-state index is 0.0358. The van der Waals surface area contributed by atoms with Gasteiger partial charge in [0.2, 0.25) is 0 Å². The number of halogens is 1. The summed E-state index contributed by atoms with van der Waals surface area (Å²) in [7, 11) is 0. The van der Waals surface area contributed by atoms with Gasteiger partial charge < -0.3 is 0 Å². The van der Waals surface area contributed by atoms with E-state index in [1.54, 1.807) is 0 Å². The van der Waals surface area contributed by atoms with Gasteiger partial charge in [-0.25, -0.2) is 5.43 Å². The number of hydrogen-bond donors (Lipinski definition) is 2. The van der Waals surface area contributed by atoms with Gasteiger partial charge in [0.1, 0.15) is 0 Å². The Hall–Kier alpha value is -0.870. The van der Waals surface area contributed by atoms with E-state index in [1.807, 2.05) is 30.4 Å². The molecule has 0 amide bonds. The van der Waals surface area contributed by atoms with Gasteiger partial charge in [-0.3, -0.25) is 5.84 Å². The molecule has 2 nitrogen and oxygen atoms in total. The van der Waals surface area contributed by atoms with Crippen LogP contribution in [-0.4, -0.2) is 0 Å². The summed E-state index contributed by atoms with van der Waals surface area (Å²) in [6.45, 7) is 2.01. The number of hydrazine groups is 1. The van der Waals surface area contributed by atoms with E-state index in [1.165, 1.54) is 34.6 Å². The summed E-state index contributed by atoms with van der Waals surface area (Å²) in [6, 6.07) is 8.48. The molecular formula is C15H17ClN2S. The van der Waals surface area contributed by atoms with E-state index in [4.69, 9.17) is 17.4 Å². The van der Waals surface area contributed by atoms with Crippen molar-refractivity contribution in [1.82, 2.24) is 5.43 Å². The Kier molecular flexibility index (Phi) is 3.63. The van der Waals surface area contributed by atoms with Gasteiger partial charge in [-0.2, -0.15) is 0 Å². The van der Waals surface area contributed by atoms with Crippen LogP contribution in [0.4, 0.5) is 0 Å². The molecular weight excluding hydrogens is 276 g/mol. The average molecular weight is 293 g/mol. The molecule has 1 atom stereocenters. The van der Waals surface area contributed by atoms with E-state index in [2.05, 4.69) is 17.6 Å². The van der Waals surface area contributed by atoms with Crippen molar-refractivity contribution in [2.24, 2.45) is 5.84 Å². The van der Waals surface area contributed by atoms with Crippen molar-refractivity contribution < 1.29 is 0 Å². The number of thiophene rings is 1.